The van der Waals surface area contributed by atoms with Crippen molar-refractivity contribution in [2.75, 3.05) is 19.6 Å². The van der Waals surface area contributed by atoms with Gasteiger partial charge in [0.05, 0.1) is 16.8 Å². The summed E-state index contributed by atoms with van der Waals surface area (Å²) >= 11 is 0. The number of hydrogen-bond acceptors (Lipinski definition) is 2. The third-order valence-electron chi connectivity index (χ3n) is 9.75. The number of likely N-dealkylation sites (tertiary alicyclic amines) is 1. The van der Waals surface area contributed by atoms with E-state index in [0.717, 1.165) is 31.4 Å². The molecule has 3 aliphatic rings. The minimum atomic E-state index is -0.845. The van der Waals surface area contributed by atoms with Gasteiger partial charge in [0, 0.05) is 41.1 Å². The van der Waals surface area contributed by atoms with Crippen molar-refractivity contribution in [3.05, 3.63) is 59.3 Å². The predicted molar refractivity (Wildman–Crippen MR) is 159 cm³/mol. The van der Waals surface area contributed by atoms with Gasteiger partial charge in [-0.05, 0) is 93.8 Å². The number of aromatic nitrogens is 2. The van der Waals surface area contributed by atoms with Crippen LogP contribution in [-0.4, -0.2) is 44.7 Å². The summed E-state index contributed by atoms with van der Waals surface area (Å²) in [5.41, 5.74) is 8.51. The van der Waals surface area contributed by atoms with Gasteiger partial charge in [0.15, 0.2) is 0 Å². The van der Waals surface area contributed by atoms with Crippen LogP contribution in [0.25, 0.3) is 33.1 Å². The number of carboxylic acid groups (broad SMARTS) is 1. The number of hydrogen-bond donors (Lipinski definition) is 1. The van der Waals surface area contributed by atoms with Gasteiger partial charge in [-0.3, -0.25) is 0 Å². The molecule has 204 valence electrons. The second-order valence-electron chi connectivity index (χ2n) is 12.2. The van der Waals surface area contributed by atoms with E-state index < -0.39 is 5.97 Å². The molecule has 0 amide bonds. The second-order valence-corrected chi connectivity index (χ2v) is 12.2. The van der Waals surface area contributed by atoms with Gasteiger partial charge in [0.25, 0.3) is 0 Å². The number of carboxylic acids is 1. The summed E-state index contributed by atoms with van der Waals surface area (Å²) in [5.74, 6) is -0.307. The maximum absolute atomic E-state index is 11.9. The lowest BCUT2D eigenvalue weighted by Crippen LogP contribution is -2.30. The Morgan fingerprint density at radius 3 is 2.51 bits per heavy atom. The van der Waals surface area contributed by atoms with Gasteiger partial charge in [-0.25, -0.2) is 4.79 Å². The van der Waals surface area contributed by atoms with Gasteiger partial charge in [0.2, 0.25) is 0 Å². The Balaban J connectivity index is 1.36. The van der Waals surface area contributed by atoms with Crippen LogP contribution in [0.2, 0.25) is 0 Å². The number of carbonyl (C=O) groups is 1. The van der Waals surface area contributed by atoms with Gasteiger partial charge >= 0.3 is 5.97 Å². The van der Waals surface area contributed by atoms with Crippen molar-refractivity contribution < 1.29 is 9.90 Å². The van der Waals surface area contributed by atoms with Crippen molar-refractivity contribution in [1.82, 2.24) is 14.0 Å². The van der Waals surface area contributed by atoms with Crippen LogP contribution in [0.1, 0.15) is 91.6 Å². The van der Waals surface area contributed by atoms with E-state index in [0.29, 0.717) is 11.5 Å². The number of fused-ring (bicyclic) bond motifs is 4. The molecular weight excluding hydrogens is 482 g/mol. The molecule has 1 saturated heterocycles. The van der Waals surface area contributed by atoms with Gasteiger partial charge < -0.3 is 19.1 Å². The molecule has 2 aromatic carbocycles. The molecule has 1 saturated carbocycles. The summed E-state index contributed by atoms with van der Waals surface area (Å²) < 4.78 is 5.02. The van der Waals surface area contributed by atoms with Crippen LogP contribution < -0.4 is 0 Å². The highest BCUT2D eigenvalue weighted by atomic mass is 16.4. The number of piperidine rings is 1. The van der Waals surface area contributed by atoms with Gasteiger partial charge in [-0.2, -0.15) is 0 Å². The Bertz CT molecular complexity index is 1510. The molecule has 0 atom stereocenters. The van der Waals surface area contributed by atoms with Crippen molar-refractivity contribution in [3.63, 3.8) is 0 Å². The van der Waals surface area contributed by atoms with E-state index >= 15 is 0 Å². The molecule has 0 bridgehead atoms. The van der Waals surface area contributed by atoms with Crippen molar-refractivity contribution in [3.8, 4) is 11.3 Å². The fraction of sp³-hybridized carbons (Fsp3) is 0.500. The van der Waals surface area contributed by atoms with Crippen LogP contribution in [0.15, 0.2) is 42.6 Å². The van der Waals surface area contributed by atoms with Gasteiger partial charge in [-0.15, -0.1) is 0 Å². The monoisotopic (exact) mass is 523 g/mol. The highest BCUT2D eigenvalue weighted by molar-refractivity contribution is 6.03. The van der Waals surface area contributed by atoms with Crippen LogP contribution in [-0.2, 0) is 19.5 Å². The average Bonchev–Trinajstić information content (AvgIpc) is 3.48. The molecule has 7 rings (SSSR count). The third kappa shape index (κ3) is 4.49. The topological polar surface area (TPSA) is 50.4 Å². The summed E-state index contributed by atoms with van der Waals surface area (Å²) in [6.45, 7) is 5.66. The Morgan fingerprint density at radius 2 is 1.69 bits per heavy atom. The molecule has 1 N–H and O–H groups in total. The lowest BCUT2D eigenvalue weighted by atomic mass is 9.81. The first-order chi connectivity index (χ1) is 19.2. The minimum Gasteiger partial charge on any atom is -0.478 e. The Morgan fingerprint density at radius 1 is 0.872 bits per heavy atom. The number of aromatic carboxylic acids is 1. The number of rotatable bonds is 6. The van der Waals surface area contributed by atoms with Crippen molar-refractivity contribution in [2.45, 2.75) is 89.6 Å². The quantitative estimate of drug-likeness (QED) is 0.280. The molecule has 2 aromatic heterocycles. The molecule has 0 spiro atoms. The smallest absolute Gasteiger partial charge is 0.335 e. The van der Waals surface area contributed by atoms with E-state index in [1.165, 1.54) is 116 Å². The first kappa shape index (κ1) is 25.0. The largest absolute Gasteiger partial charge is 0.478 e. The van der Waals surface area contributed by atoms with Crippen LogP contribution in [0.3, 0.4) is 0 Å². The van der Waals surface area contributed by atoms with Crippen LogP contribution in [0, 0.1) is 0 Å². The molecule has 2 aliphatic heterocycles. The first-order valence-corrected chi connectivity index (χ1v) is 15.4. The van der Waals surface area contributed by atoms with E-state index in [1.807, 2.05) is 12.1 Å². The molecule has 5 heteroatoms. The van der Waals surface area contributed by atoms with Crippen LogP contribution in [0.5, 0.6) is 0 Å². The second kappa shape index (κ2) is 10.5. The minimum absolute atomic E-state index is 0.387. The lowest BCUT2D eigenvalue weighted by molar-refractivity contribution is 0.0697. The zero-order valence-electron chi connectivity index (χ0n) is 23.1. The highest BCUT2D eigenvalue weighted by Crippen LogP contribution is 2.47. The van der Waals surface area contributed by atoms with Crippen molar-refractivity contribution in [1.29, 1.82) is 0 Å². The first-order valence-electron chi connectivity index (χ1n) is 15.4. The fourth-order valence-corrected chi connectivity index (χ4v) is 7.91. The molecule has 2 fully saturated rings. The molecule has 4 heterocycles. The van der Waals surface area contributed by atoms with Crippen LogP contribution >= 0.6 is 0 Å². The number of benzene rings is 2. The average molecular weight is 524 g/mol. The standard InChI is InChI=1S/C34H41N3O2/c38-34(39)25-15-16-28-30(22-25)37-21-9-20-36-23-26(12-8-19-35-17-5-2-6-18-35)27-13-7-14-29(32(27)36)33(37)31(28)24-10-3-1-4-11-24/h7,13-16,22-24H,1-6,8-12,17-21H2,(H,38,39). The van der Waals surface area contributed by atoms with Crippen molar-refractivity contribution >= 4 is 27.8 Å². The molecular formula is C34H41N3O2. The number of nitrogens with zero attached hydrogens (tertiary/aromatic N) is 3. The fourth-order valence-electron chi connectivity index (χ4n) is 7.91. The predicted octanol–water partition coefficient (Wildman–Crippen LogP) is 7.83. The summed E-state index contributed by atoms with van der Waals surface area (Å²) in [6.07, 6.45) is 16.3. The molecule has 5 nitrogen and oxygen atoms in total. The van der Waals surface area contributed by atoms with E-state index in [4.69, 9.17) is 0 Å². The molecule has 0 radical (unpaired) electrons. The zero-order valence-corrected chi connectivity index (χ0v) is 23.1. The zero-order chi connectivity index (χ0) is 26.3. The highest BCUT2D eigenvalue weighted by Gasteiger charge is 2.29. The summed E-state index contributed by atoms with van der Waals surface area (Å²) in [5, 5.41) is 12.5. The SMILES string of the molecule is O=C(O)c1ccc2c(C3CCCCC3)c3n(c2c1)CCCn1cc(CCCN2CCCCC2)c2cccc-3c21. The molecule has 1 aliphatic carbocycles. The van der Waals surface area contributed by atoms with E-state index in [1.54, 1.807) is 0 Å². The Kier molecular flexibility index (Phi) is 6.72. The lowest BCUT2D eigenvalue weighted by Gasteiger charge is -2.26. The molecule has 0 unspecified atom stereocenters. The van der Waals surface area contributed by atoms with Crippen LogP contribution in [0.4, 0.5) is 0 Å². The maximum atomic E-state index is 11.9. The Labute approximate surface area is 231 Å². The summed E-state index contributed by atoms with van der Waals surface area (Å²) in [7, 11) is 0. The van der Waals surface area contributed by atoms with Gasteiger partial charge in [0.1, 0.15) is 0 Å². The Hall–Kier alpha value is -3.05. The molecule has 39 heavy (non-hydrogen) atoms. The normalized spacial score (nSPS) is 18.8. The number of para-hydroxylation sites is 1. The van der Waals surface area contributed by atoms with E-state index in [-0.39, 0.29) is 0 Å². The van der Waals surface area contributed by atoms with E-state index in [9.17, 15) is 9.90 Å². The van der Waals surface area contributed by atoms with Gasteiger partial charge in [-0.1, -0.05) is 49.9 Å². The van der Waals surface area contributed by atoms with E-state index in [2.05, 4.69) is 44.5 Å². The summed E-state index contributed by atoms with van der Waals surface area (Å²) in [6, 6.07) is 12.8. The third-order valence-corrected chi connectivity index (χ3v) is 9.75. The molecule has 4 aromatic rings. The number of aryl methyl sites for hydroxylation is 3. The maximum Gasteiger partial charge on any atom is 0.335 e. The summed E-state index contributed by atoms with van der Waals surface area (Å²) in [4.78, 5) is 14.6. The van der Waals surface area contributed by atoms with Crippen molar-refractivity contribution in [2.24, 2.45) is 0 Å².